The van der Waals surface area contributed by atoms with Crippen LogP contribution in [0.5, 0.6) is 0 Å². The average Bonchev–Trinajstić information content (AvgIpc) is 3.30. The van der Waals surface area contributed by atoms with E-state index in [1.54, 1.807) is 31.2 Å². The molecule has 0 bridgehead atoms. The van der Waals surface area contributed by atoms with E-state index in [2.05, 4.69) is 20.8 Å². The summed E-state index contributed by atoms with van der Waals surface area (Å²) in [4.78, 5) is 27.8. The fraction of sp³-hybridized carbons (Fsp3) is 0.286. The summed E-state index contributed by atoms with van der Waals surface area (Å²) < 4.78 is 19.2. The number of rotatable bonds is 4. The standard InChI is InChI=1S/C28H28FNO4/c1-16-6-10-19(28(3,4)5)14-21(16)25(31)23-24(22-13-7-17(2)34-22)30(27(33)26(23)32)15-18-8-11-20(29)12-9-18/h6-14,24,31H,15H2,1-5H3/b25-23+. The van der Waals surface area contributed by atoms with Gasteiger partial charge in [-0.1, -0.05) is 45.0 Å². The fourth-order valence-corrected chi connectivity index (χ4v) is 4.21. The zero-order valence-electron chi connectivity index (χ0n) is 20.0. The molecule has 1 fully saturated rings. The number of ketones is 1. The molecule has 0 aliphatic carbocycles. The van der Waals surface area contributed by atoms with Crippen molar-refractivity contribution in [2.45, 2.75) is 52.6 Å². The maximum Gasteiger partial charge on any atom is 0.296 e. The minimum atomic E-state index is -0.906. The number of carbonyl (C=O) groups is 2. The number of Topliss-reactive ketones (excluding diaryl/α,β-unsaturated/α-hetero) is 1. The maximum atomic E-state index is 13.4. The number of hydrogen-bond donors (Lipinski definition) is 1. The lowest BCUT2D eigenvalue weighted by Gasteiger charge is -2.24. The summed E-state index contributed by atoms with van der Waals surface area (Å²) in [6.45, 7) is 9.88. The van der Waals surface area contributed by atoms with Crippen LogP contribution in [0.25, 0.3) is 5.76 Å². The van der Waals surface area contributed by atoms with Crippen molar-refractivity contribution in [1.29, 1.82) is 0 Å². The SMILES string of the molecule is Cc1ccc(C2/C(=C(\O)c3cc(C(C)(C)C)ccc3C)C(=O)C(=O)N2Cc2ccc(F)cc2)o1. The number of amides is 1. The van der Waals surface area contributed by atoms with Crippen LogP contribution in [-0.2, 0) is 21.5 Å². The zero-order chi connectivity index (χ0) is 24.8. The molecule has 1 aliphatic rings. The van der Waals surface area contributed by atoms with Crippen LogP contribution in [0.3, 0.4) is 0 Å². The molecule has 3 aromatic rings. The van der Waals surface area contributed by atoms with E-state index < -0.39 is 23.5 Å². The second-order valence-corrected chi connectivity index (χ2v) is 9.78. The summed E-state index contributed by atoms with van der Waals surface area (Å²) in [6.07, 6.45) is 0. The van der Waals surface area contributed by atoms with Crippen LogP contribution in [0.4, 0.5) is 4.39 Å². The molecule has 5 nitrogen and oxygen atoms in total. The summed E-state index contributed by atoms with van der Waals surface area (Å²) in [5.41, 5.74) is 2.74. The Hall–Kier alpha value is -3.67. The summed E-state index contributed by atoms with van der Waals surface area (Å²) >= 11 is 0. The topological polar surface area (TPSA) is 70.8 Å². The van der Waals surface area contributed by atoms with Gasteiger partial charge in [-0.15, -0.1) is 0 Å². The van der Waals surface area contributed by atoms with Crippen LogP contribution in [0, 0.1) is 19.7 Å². The Balaban J connectivity index is 1.88. The van der Waals surface area contributed by atoms with Crippen molar-refractivity contribution in [1.82, 2.24) is 4.90 Å². The highest BCUT2D eigenvalue weighted by Gasteiger charge is 2.47. The summed E-state index contributed by atoms with van der Waals surface area (Å²) in [6, 6.07) is 14.0. The third-order valence-corrected chi connectivity index (χ3v) is 6.20. The molecule has 1 aromatic heterocycles. The first-order valence-electron chi connectivity index (χ1n) is 11.2. The van der Waals surface area contributed by atoms with Gasteiger partial charge in [0.1, 0.15) is 29.1 Å². The first-order valence-corrected chi connectivity index (χ1v) is 11.2. The Bertz CT molecular complexity index is 1290. The van der Waals surface area contributed by atoms with Gasteiger partial charge < -0.3 is 14.4 Å². The van der Waals surface area contributed by atoms with E-state index in [4.69, 9.17) is 4.42 Å². The van der Waals surface area contributed by atoms with Gasteiger partial charge >= 0.3 is 0 Å². The van der Waals surface area contributed by atoms with E-state index in [-0.39, 0.29) is 23.3 Å². The van der Waals surface area contributed by atoms with Gasteiger partial charge in [-0.2, -0.15) is 0 Å². The maximum absolute atomic E-state index is 13.4. The molecule has 4 rings (SSSR count). The van der Waals surface area contributed by atoms with Gasteiger partial charge in [-0.05, 0) is 66.3 Å². The Labute approximate surface area is 198 Å². The van der Waals surface area contributed by atoms with Gasteiger partial charge in [0.05, 0.1) is 5.57 Å². The first kappa shape index (κ1) is 23.5. The summed E-state index contributed by atoms with van der Waals surface area (Å²) in [7, 11) is 0. The quantitative estimate of drug-likeness (QED) is 0.296. The summed E-state index contributed by atoms with van der Waals surface area (Å²) in [5.74, 6) is -1.15. The van der Waals surface area contributed by atoms with E-state index in [1.807, 2.05) is 25.1 Å². The molecule has 2 heterocycles. The minimum absolute atomic E-state index is 0.0179. The van der Waals surface area contributed by atoms with Crippen LogP contribution >= 0.6 is 0 Å². The minimum Gasteiger partial charge on any atom is -0.507 e. The Morgan fingerprint density at radius 1 is 1.03 bits per heavy atom. The van der Waals surface area contributed by atoms with Crippen molar-refractivity contribution in [3.05, 3.63) is 99.8 Å². The molecule has 1 amide bonds. The van der Waals surface area contributed by atoms with Crippen LogP contribution in [0.15, 0.2) is 64.6 Å². The molecule has 176 valence electrons. The molecule has 1 N–H and O–H groups in total. The number of aryl methyl sites for hydroxylation is 2. The van der Waals surface area contributed by atoms with Crippen LogP contribution in [0.2, 0.25) is 0 Å². The molecule has 6 heteroatoms. The molecule has 2 aromatic carbocycles. The van der Waals surface area contributed by atoms with Gasteiger partial charge in [0.2, 0.25) is 0 Å². The lowest BCUT2D eigenvalue weighted by Crippen LogP contribution is -2.29. The van der Waals surface area contributed by atoms with Crippen LogP contribution < -0.4 is 0 Å². The predicted molar refractivity (Wildman–Crippen MR) is 128 cm³/mol. The molecule has 0 spiro atoms. The van der Waals surface area contributed by atoms with E-state index in [9.17, 15) is 19.1 Å². The van der Waals surface area contributed by atoms with Crippen molar-refractivity contribution in [3.8, 4) is 0 Å². The van der Waals surface area contributed by atoms with Crippen molar-refractivity contribution in [3.63, 3.8) is 0 Å². The van der Waals surface area contributed by atoms with E-state index in [0.29, 0.717) is 22.6 Å². The first-order chi connectivity index (χ1) is 16.0. The van der Waals surface area contributed by atoms with E-state index in [1.165, 1.54) is 17.0 Å². The number of nitrogens with zero attached hydrogens (tertiary/aromatic N) is 1. The molecule has 1 aliphatic heterocycles. The van der Waals surface area contributed by atoms with Crippen molar-refractivity contribution < 1.29 is 23.5 Å². The van der Waals surface area contributed by atoms with Crippen LogP contribution in [-0.4, -0.2) is 21.7 Å². The number of likely N-dealkylation sites (tertiary alicyclic amines) is 1. The third-order valence-electron chi connectivity index (χ3n) is 6.20. The normalized spacial score (nSPS) is 18.1. The van der Waals surface area contributed by atoms with Gasteiger partial charge in [-0.3, -0.25) is 9.59 Å². The lowest BCUT2D eigenvalue weighted by atomic mass is 9.84. The predicted octanol–water partition coefficient (Wildman–Crippen LogP) is 5.95. The number of aliphatic hydroxyl groups excluding tert-OH is 1. The zero-order valence-corrected chi connectivity index (χ0v) is 20.0. The number of hydrogen-bond acceptors (Lipinski definition) is 4. The highest BCUT2D eigenvalue weighted by atomic mass is 19.1. The molecule has 34 heavy (non-hydrogen) atoms. The Morgan fingerprint density at radius 2 is 1.71 bits per heavy atom. The number of aliphatic hydroxyl groups is 1. The monoisotopic (exact) mass is 461 g/mol. The second-order valence-electron chi connectivity index (χ2n) is 9.78. The van der Waals surface area contributed by atoms with Gasteiger partial charge in [0.25, 0.3) is 11.7 Å². The average molecular weight is 462 g/mol. The fourth-order valence-electron chi connectivity index (χ4n) is 4.21. The Kier molecular flexibility index (Phi) is 5.94. The number of halogens is 1. The van der Waals surface area contributed by atoms with Crippen LogP contribution in [0.1, 0.15) is 60.6 Å². The van der Waals surface area contributed by atoms with Crippen molar-refractivity contribution >= 4 is 17.4 Å². The second kappa shape index (κ2) is 8.60. The molecule has 0 saturated carbocycles. The molecular formula is C28H28FNO4. The molecule has 1 unspecified atom stereocenters. The Morgan fingerprint density at radius 3 is 2.29 bits per heavy atom. The third kappa shape index (κ3) is 4.28. The van der Waals surface area contributed by atoms with Crippen molar-refractivity contribution in [2.75, 3.05) is 0 Å². The summed E-state index contributed by atoms with van der Waals surface area (Å²) in [5, 5.41) is 11.4. The number of benzene rings is 2. The van der Waals surface area contributed by atoms with Gasteiger partial charge in [-0.25, -0.2) is 4.39 Å². The highest BCUT2D eigenvalue weighted by Crippen LogP contribution is 2.41. The lowest BCUT2D eigenvalue weighted by molar-refractivity contribution is -0.140. The largest absolute Gasteiger partial charge is 0.507 e. The highest BCUT2D eigenvalue weighted by molar-refractivity contribution is 6.46. The van der Waals surface area contributed by atoms with E-state index >= 15 is 0 Å². The molecule has 1 saturated heterocycles. The van der Waals surface area contributed by atoms with Gasteiger partial charge in [0, 0.05) is 12.1 Å². The van der Waals surface area contributed by atoms with Gasteiger partial charge in [0.15, 0.2) is 0 Å². The molecule has 0 radical (unpaired) electrons. The number of carbonyl (C=O) groups excluding carboxylic acids is 2. The van der Waals surface area contributed by atoms with E-state index in [0.717, 1.165) is 11.1 Å². The smallest absolute Gasteiger partial charge is 0.296 e. The molecular weight excluding hydrogens is 433 g/mol. The number of furan rings is 1. The van der Waals surface area contributed by atoms with Crippen molar-refractivity contribution in [2.24, 2.45) is 0 Å². The molecule has 1 atom stereocenters.